The van der Waals surface area contributed by atoms with Crippen molar-refractivity contribution in [2.24, 2.45) is 5.92 Å². The first-order valence-corrected chi connectivity index (χ1v) is 8.44. The molecule has 25 heavy (non-hydrogen) atoms. The maximum atomic E-state index is 12.4. The topological polar surface area (TPSA) is 55.6 Å². The van der Waals surface area contributed by atoms with Crippen molar-refractivity contribution in [1.29, 1.82) is 0 Å². The van der Waals surface area contributed by atoms with Crippen molar-refractivity contribution in [1.82, 2.24) is 4.90 Å². The van der Waals surface area contributed by atoms with E-state index >= 15 is 0 Å². The Morgan fingerprint density at radius 3 is 2.52 bits per heavy atom. The maximum Gasteiger partial charge on any atom is 0.227 e. The second-order valence-corrected chi connectivity index (χ2v) is 6.41. The summed E-state index contributed by atoms with van der Waals surface area (Å²) in [7, 11) is 0. The Bertz CT molecular complexity index is 661. The van der Waals surface area contributed by atoms with Gasteiger partial charge in [0.1, 0.15) is 0 Å². The molecule has 1 atom stereocenters. The third-order valence-electron chi connectivity index (χ3n) is 4.44. The number of nitrogens with zero attached hydrogens (tertiary/aromatic N) is 1. The van der Waals surface area contributed by atoms with Crippen LogP contribution in [0.2, 0.25) is 0 Å². The van der Waals surface area contributed by atoms with Gasteiger partial charge in [0.2, 0.25) is 5.91 Å². The first-order chi connectivity index (χ1) is 11.7. The van der Waals surface area contributed by atoms with E-state index in [1.165, 1.54) is 5.56 Å². The second-order valence-electron chi connectivity index (χ2n) is 6.41. The Hall–Kier alpha value is -2.04. The monoisotopic (exact) mass is 360 g/mol. The number of carbonyl (C=O) groups excluding carboxylic acids is 1. The predicted octanol–water partition coefficient (Wildman–Crippen LogP) is 3.30. The van der Waals surface area contributed by atoms with Crippen molar-refractivity contribution in [3.8, 4) is 0 Å². The van der Waals surface area contributed by atoms with Crippen molar-refractivity contribution in [3.63, 3.8) is 0 Å². The molecule has 1 saturated heterocycles. The molecule has 1 amide bonds. The van der Waals surface area contributed by atoms with Gasteiger partial charge in [0, 0.05) is 24.7 Å². The molecule has 3 rings (SSSR count). The third kappa shape index (κ3) is 5.76. The van der Waals surface area contributed by atoms with Crippen LogP contribution in [0.1, 0.15) is 17.5 Å². The van der Waals surface area contributed by atoms with E-state index in [1.54, 1.807) is 0 Å². The minimum absolute atomic E-state index is 0. The van der Waals surface area contributed by atoms with Crippen LogP contribution in [-0.2, 0) is 22.6 Å². The fraction of sp³-hybridized carbons (Fsp3) is 0.350. The highest BCUT2D eigenvalue weighted by molar-refractivity contribution is 5.85. The summed E-state index contributed by atoms with van der Waals surface area (Å²) < 4.78 is 5.81. The first-order valence-electron chi connectivity index (χ1n) is 8.44. The number of amides is 1. The van der Waals surface area contributed by atoms with E-state index in [-0.39, 0.29) is 18.3 Å². The van der Waals surface area contributed by atoms with E-state index in [1.807, 2.05) is 47.4 Å². The molecule has 5 heteroatoms. The highest BCUT2D eigenvalue weighted by Gasteiger charge is 2.26. The molecule has 1 aliphatic heterocycles. The number of nitrogens with two attached hydrogens (primary N) is 1. The number of anilines is 1. The number of benzene rings is 2. The Morgan fingerprint density at radius 2 is 1.80 bits per heavy atom. The van der Waals surface area contributed by atoms with E-state index in [0.29, 0.717) is 25.6 Å². The van der Waals surface area contributed by atoms with Crippen LogP contribution in [0.4, 0.5) is 5.69 Å². The normalized spacial score (nSPS) is 16.5. The predicted molar refractivity (Wildman–Crippen MR) is 103 cm³/mol. The van der Waals surface area contributed by atoms with Crippen molar-refractivity contribution >= 4 is 24.0 Å². The van der Waals surface area contributed by atoms with Crippen LogP contribution < -0.4 is 5.73 Å². The summed E-state index contributed by atoms with van der Waals surface area (Å²) in [5, 5.41) is 0. The van der Waals surface area contributed by atoms with Gasteiger partial charge in [-0.05, 0) is 29.7 Å². The van der Waals surface area contributed by atoms with Crippen LogP contribution in [0.15, 0.2) is 54.6 Å². The Morgan fingerprint density at radius 1 is 1.08 bits per heavy atom. The Balaban J connectivity index is 0.00000225. The molecule has 2 N–H and O–H groups in total. The van der Waals surface area contributed by atoms with E-state index in [2.05, 4.69) is 12.1 Å². The number of carbonyl (C=O) groups is 1. The summed E-state index contributed by atoms with van der Waals surface area (Å²) in [5.41, 5.74) is 8.60. The van der Waals surface area contributed by atoms with Crippen LogP contribution in [-0.4, -0.2) is 30.5 Å². The average molecular weight is 361 g/mol. The van der Waals surface area contributed by atoms with Gasteiger partial charge < -0.3 is 15.4 Å². The van der Waals surface area contributed by atoms with Crippen LogP contribution >= 0.6 is 12.4 Å². The molecule has 1 unspecified atom stereocenters. The lowest BCUT2D eigenvalue weighted by atomic mass is 10.1. The average Bonchev–Trinajstić information content (AvgIpc) is 3.07. The summed E-state index contributed by atoms with van der Waals surface area (Å²) in [4.78, 5) is 14.3. The molecule has 0 radical (unpaired) electrons. The van der Waals surface area contributed by atoms with Crippen LogP contribution in [0, 0.1) is 5.92 Å². The fourth-order valence-electron chi connectivity index (χ4n) is 3.03. The zero-order valence-corrected chi connectivity index (χ0v) is 15.1. The highest BCUT2D eigenvalue weighted by atomic mass is 35.5. The van der Waals surface area contributed by atoms with E-state index in [0.717, 1.165) is 30.8 Å². The molecule has 0 saturated carbocycles. The Labute approximate surface area is 155 Å². The lowest BCUT2D eigenvalue weighted by molar-refractivity contribution is -0.129. The number of likely N-dealkylation sites (tertiary alicyclic amines) is 1. The number of hydrogen-bond donors (Lipinski definition) is 1. The summed E-state index contributed by atoms with van der Waals surface area (Å²) in [6, 6.07) is 17.7. The highest BCUT2D eigenvalue weighted by Crippen LogP contribution is 2.18. The molecule has 2 aromatic carbocycles. The first kappa shape index (κ1) is 19.3. The van der Waals surface area contributed by atoms with E-state index in [4.69, 9.17) is 10.5 Å². The summed E-state index contributed by atoms with van der Waals surface area (Å²) in [5.74, 6) is 0.620. The molecule has 4 nitrogen and oxygen atoms in total. The largest absolute Gasteiger partial charge is 0.399 e. The SMILES string of the molecule is Cl.Nc1ccc(CC(=O)N2CCC(COCc3ccccc3)C2)cc1. The Kier molecular flexibility index (Phi) is 7.29. The standard InChI is InChI=1S/C20H24N2O2.ClH/c21-19-8-6-16(7-9-19)12-20(23)22-11-10-18(13-22)15-24-14-17-4-2-1-3-5-17;/h1-9,18H,10-15,21H2;1H. The van der Waals surface area contributed by atoms with Gasteiger partial charge >= 0.3 is 0 Å². The van der Waals surface area contributed by atoms with Crippen molar-refractivity contribution in [2.45, 2.75) is 19.4 Å². The number of rotatable bonds is 6. The molecule has 1 fully saturated rings. The van der Waals surface area contributed by atoms with Gasteiger partial charge in [-0.1, -0.05) is 42.5 Å². The van der Waals surface area contributed by atoms with E-state index in [9.17, 15) is 4.79 Å². The number of halogens is 1. The molecule has 1 heterocycles. The minimum atomic E-state index is 0. The van der Waals surface area contributed by atoms with Gasteiger partial charge in [0.05, 0.1) is 19.6 Å². The molecule has 0 aliphatic carbocycles. The molecule has 0 spiro atoms. The van der Waals surface area contributed by atoms with Crippen molar-refractivity contribution < 1.29 is 9.53 Å². The quantitative estimate of drug-likeness (QED) is 0.804. The molecular formula is C20H25ClN2O2. The molecule has 0 aromatic heterocycles. The summed E-state index contributed by atoms with van der Waals surface area (Å²) in [6.45, 7) is 2.97. The minimum Gasteiger partial charge on any atom is -0.399 e. The summed E-state index contributed by atoms with van der Waals surface area (Å²) >= 11 is 0. The number of nitrogen functional groups attached to an aromatic ring is 1. The lowest BCUT2D eigenvalue weighted by Gasteiger charge is -2.17. The maximum absolute atomic E-state index is 12.4. The van der Waals surface area contributed by atoms with Gasteiger partial charge in [0.25, 0.3) is 0 Å². The molecule has 0 bridgehead atoms. The van der Waals surface area contributed by atoms with Crippen LogP contribution in [0.5, 0.6) is 0 Å². The zero-order chi connectivity index (χ0) is 16.8. The van der Waals surface area contributed by atoms with Crippen molar-refractivity contribution in [2.75, 3.05) is 25.4 Å². The van der Waals surface area contributed by atoms with Crippen molar-refractivity contribution in [3.05, 3.63) is 65.7 Å². The molecular weight excluding hydrogens is 336 g/mol. The number of ether oxygens (including phenoxy) is 1. The lowest BCUT2D eigenvalue weighted by Crippen LogP contribution is -2.30. The summed E-state index contributed by atoms with van der Waals surface area (Å²) in [6.07, 6.45) is 1.46. The zero-order valence-electron chi connectivity index (χ0n) is 14.3. The third-order valence-corrected chi connectivity index (χ3v) is 4.44. The fourth-order valence-corrected chi connectivity index (χ4v) is 3.03. The van der Waals surface area contributed by atoms with Gasteiger partial charge in [-0.3, -0.25) is 4.79 Å². The van der Waals surface area contributed by atoms with Gasteiger partial charge in [-0.2, -0.15) is 0 Å². The van der Waals surface area contributed by atoms with Gasteiger partial charge in [-0.25, -0.2) is 0 Å². The number of hydrogen-bond acceptors (Lipinski definition) is 3. The van der Waals surface area contributed by atoms with Gasteiger partial charge in [-0.15, -0.1) is 12.4 Å². The second kappa shape index (κ2) is 9.44. The molecule has 134 valence electrons. The smallest absolute Gasteiger partial charge is 0.227 e. The van der Waals surface area contributed by atoms with Gasteiger partial charge in [0.15, 0.2) is 0 Å². The van der Waals surface area contributed by atoms with Crippen LogP contribution in [0.3, 0.4) is 0 Å². The van der Waals surface area contributed by atoms with Crippen LogP contribution in [0.25, 0.3) is 0 Å². The van der Waals surface area contributed by atoms with E-state index < -0.39 is 0 Å². The molecule has 2 aromatic rings. The molecule has 1 aliphatic rings.